The highest BCUT2D eigenvalue weighted by atomic mass is 32.1. The van der Waals surface area contributed by atoms with Crippen LogP contribution in [0.5, 0.6) is 0 Å². The molecule has 1 saturated heterocycles. The van der Waals surface area contributed by atoms with Crippen molar-refractivity contribution in [3.05, 3.63) is 0 Å². The van der Waals surface area contributed by atoms with Gasteiger partial charge in [0, 0.05) is 12.6 Å². The second-order valence-electron chi connectivity index (χ2n) is 2.32. The standard InChI is InChI=1S/C6H13NS/c8-4-2-1-3-6-5-7-6/h6-8H,1-5H2. The van der Waals surface area contributed by atoms with E-state index in [2.05, 4.69) is 17.9 Å². The Kier molecular flexibility index (Phi) is 2.70. The van der Waals surface area contributed by atoms with Crippen LogP contribution in [0.25, 0.3) is 0 Å². The van der Waals surface area contributed by atoms with E-state index in [1.807, 2.05) is 0 Å². The summed E-state index contributed by atoms with van der Waals surface area (Å²) in [5.74, 6) is 1.05. The third-order valence-electron chi connectivity index (χ3n) is 1.45. The monoisotopic (exact) mass is 131 g/mol. The number of hydrogen-bond acceptors (Lipinski definition) is 2. The summed E-state index contributed by atoms with van der Waals surface area (Å²) in [6, 6.07) is 0.870. The van der Waals surface area contributed by atoms with Crippen LogP contribution in [-0.2, 0) is 0 Å². The molecule has 0 aromatic heterocycles. The van der Waals surface area contributed by atoms with Gasteiger partial charge in [0.25, 0.3) is 0 Å². The van der Waals surface area contributed by atoms with Gasteiger partial charge in [0.1, 0.15) is 0 Å². The van der Waals surface area contributed by atoms with Crippen molar-refractivity contribution in [3.63, 3.8) is 0 Å². The molecule has 0 amide bonds. The number of hydrogen-bond donors (Lipinski definition) is 2. The second kappa shape index (κ2) is 3.36. The minimum atomic E-state index is 0.870. The van der Waals surface area contributed by atoms with E-state index in [4.69, 9.17) is 0 Å². The third kappa shape index (κ3) is 2.58. The van der Waals surface area contributed by atoms with E-state index < -0.39 is 0 Å². The fraction of sp³-hybridized carbons (Fsp3) is 1.00. The van der Waals surface area contributed by atoms with Gasteiger partial charge in [-0.15, -0.1) is 0 Å². The summed E-state index contributed by atoms with van der Waals surface area (Å²) in [6.07, 6.45) is 3.99. The molecule has 1 fully saturated rings. The van der Waals surface area contributed by atoms with Gasteiger partial charge < -0.3 is 5.32 Å². The molecule has 1 aliphatic heterocycles. The highest BCUT2D eigenvalue weighted by Crippen LogP contribution is 2.07. The Balaban J connectivity index is 1.74. The average Bonchev–Trinajstić information content (AvgIpc) is 2.51. The fourth-order valence-electron chi connectivity index (χ4n) is 0.790. The number of nitrogens with one attached hydrogen (secondary N) is 1. The van der Waals surface area contributed by atoms with E-state index in [9.17, 15) is 0 Å². The normalized spacial score (nSPS) is 25.9. The molecule has 0 bridgehead atoms. The lowest BCUT2D eigenvalue weighted by atomic mass is 10.2. The lowest BCUT2D eigenvalue weighted by molar-refractivity contribution is 0.712. The summed E-state index contributed by atoms with van der Waals surface area (Å²) < 4.78 is 0. The van der Waals surface area contributed by atoms with Gasteiger partial charge in [0.2, 0.25) is 0 Å². The maximum absolute atomic E-state index is 4.12. The van der Waals surface area contributed by atoms with Crippen LogP contribution in [0.1, 0.15) is 19.3 Å². The minimum absolute atomic E-state index is 0.870. The van der Waals surface area contributed by atoms with Crippen molar-refractivity contribution >= 4 is 12.6 Å². The zero-order valence-electron chi connectivity index (χ0n) is 5.06. The molecule has 0 aromatic carbocycles. The van der Waals surface area contributed by atoms with Gasteiger partial charge in [-0.3, -0.25) is 0 Å². The lowest BCUT2D eigenvalue weighted by Gasteiger charge is -1.91. The molecule has 0 aromatic rings. The molecule has 0 radical (unpaired) electrons. The molecule has 1 heterocycles. The summed E-state index contributed by atoms with van der Waals surface area (Å²) in [5.41, 5.74) is 0. The van der Waals surface area contributed by atoms with Gasteiger partial charge in [-0.1, -0.05) is 6.42 Å². The molecule has 2 heteroatoms. The maximum Gasteiger partial charge on any atom is 0.0193 e. The molecule has 1 nitrogen and oxygen atoms in total. The summed E-state index contributed by atoms with van der Waals surface area (Å²) in [4.78, 5) is 0. The van der Waals surface area contributed by atoms with Gasteiger partial charge in [-0.05, 0) is 18.6 Å². The molecule has 1 N–H and O–H groups in total. The minimum Gasteiger partial charge on any atom is -0.311 e. The molecular weight excluding hydrogens is 118 g/mol. The van der Waals surface area contributed by atoms with Crippen molar-refractivity contribution in [2.45, 2.75) is 25.3 Å². The molecule has 1 rings (SSSR count). The van der Waals surface area contributed by atoms with Gasteiger partial charge in [0.15, 0.2) is 0 Å². The molecule has 48 valence electrons. The zero-order chi connectivity index (χ0) is 5.82. The van der Waals surface area contributed by atoms with Crippen LogP contribution in [0, 0.1) is 0 Å². The van der Waals surface area contributed by atoms with Crippen LogP contribution in [0.3, 0.4) is 0 Å². The predicted octanol–water partition coefficient (Wildman–Crippen LogP) is 1.06. The molecule has 0 saturated carbocycles. The van der Waals surface area contributed by atoms with Crippen LogP contribution >= 0.6 is 12.6 Å². The van der Waals surface area contributed by atoms with Crippen LogP contribution in [0.2, 0.25) is 0 Å². The average molecular weight is 131 g/mol. The topological polar surface area (TPSA) is 21.9 Å². The first-order valence-corrected chi connectivity index (χ1v) is 3.91. The molecule has 0 spiro atoms. The number of thiol groups is 1. The third-order valence-corrected chi connectivity index (χ3v) is 1.77. The van der Waals surface area contributed by atoms with Crippen LogP contribution < -0.4 is 5.32 Å². The number of rotatable bonds is 4. The Morgan fingerprint density at radius 2 is 2.25 bits per heavy atom. The van der Waals surface area contributed by atoms with E-state index in [0.717, 1.165) is 11.8 Å². The van der Waals surface area contributed by atoms with Crippen LogP contribution in [-0.4, -0.2) is 18.3 Å². The molecule has 1 atom stereocenters. The molecule has 8 heavy (non-hydrogen) atoms. The molecular formula is C6H13NS. The predicted molar refractivity (Wildman–Crippen MR) is 39.5 cm³/mol. The van der Waals surface area contributed by atoms with Gasteiger partial charge in [-0.2, -0.15) is 12.6 Å². The Labute approximate surface area is 56.3 Å². The van der Waals surface area contributed by atoms with Crippen LogP contribution in [0.4, 0.5) is 0 Å². The maximum atomic E-state index is 4.12. The first-order chi connectivity index (χ1) is 3.93. The Morgan fingerprint density at radius 3 is 2.75 bits per heavy atom. The van der Waals surface area contributed by atoms with Gasteiger partial charge in [0.05, 0.1) is 0 Å². The molecule has 1 aliphatic rings. The first kappa shape index (κ1) is 6.43. The van der Waals surface area contributed by atoms with Crippen molar-refractivity contribution in [1.29, 1.82) is 0 Å². The van der Waals surface area contributed by atoms with E-state index >= 15 is 0 Å². The van der Waals surface area contributed by atoms with Gasteiger partial charge in [-0.25, -0.2) is 0 Å². The Hall–Kier alpha value is 0.310. The highest BCUT2D eigenvalue weighted by Gasteiger charge is 2.17. The van der Waals surface area contributed by atoms with E-state index in [-0.39, 0.29) is 0 Å². The summed E-state index contributed by atoms with van der Waals surface area (Å²) in [5, 5.41) is 3.27. The second-order valence-corrected chi connectivity index (χ2v) is 2.77. The zero-order valence-corrected chi connectivity index (χ0v) is 5.95. The SMILES string of the molecule is SCCCCC1CN1. The smallest absolute Gasteiger partial charge is 0.0193 e. The van der Waals surface area contributed by atoms with Crippen LogP contribution in [0.15, 0.2) is 0 Å². The van der Waals surface area contributed by atoms with Crippen molar-refractivity contribution in [2.24, 2.45) is 0 Å². The summed E-state index contributed by atoms with van der Waals surface area (Å²) in [7, 11) is 0. The number of unbranched alkanes of at least 4 members (excludes halogenated alkanes) is 1. The summed E-state index contributed by atoms with van der Waals surface area (Å²) in [6.45, 7) is 1.26. The largest absolute Gasteiger partial charge is 0.311 e. The van der Waals surface area contributed by atoms with Gasteiger partial charge >= 0.3 is 0 Å². The van der Waals surface area contributed by atoms with Crippen molar-refractivity contribution in [1.82, 2.24) is 5.32 Å². The highest BCUT2D eigenvalue weighted by molar-refractivity contribution is 7.80. The Bertz CT molecular complexity index is 61.5. The molecule has 1 unspecified atom stereocenters. The molecule has 0 aliphatic carbocycles. The van der Waals surface area contributed by atoms with Crippen molar-refractivity contribution in [2.75, 3.05) is 12.3 Å². The fourth-order valence-corrected chi connectivity index (χ4v) is 1.01. The van der Waals surface area contributed by atoms with Crippen molar-refractivity contribution < 1.29 is 0 Å². The van der Waals surface area contributed by atoms with Crippen molar-refractivity contribution in [3.8, 4) is 0 Å². The Morgan fingerprint density at radius 1 is 1.50 bits per heavy atom. The lowest BCUT2D eigenvalue weighted by Crippen LogP contribution is -1.89. The van der Waals surface area contributed by atoms with E-state index in [0.29, 0.717) is 0 Å². The summed E-state index contributed by atoms with van der Waals surface area (Å²) >= 11 is 4.12. The first-order valence-electron chi connectivity index (χ1n) is 3.27. The quantitative estimate of drug-likeness (QED) is 0.332. The van der Waals surface area contributed by atoms with E-state index in [1.165, 1.54) is 25.8 Å². The van der Waals surface area contributed by atoms with E-state index in [1.54, 1.807) is 0 Å².